The van der Waals surface area contributed by atoms with Crippen LogP contribution in [0.25, 0.3) is 0 Å². The van der Waals surface area contributed by atoms with Gasteiger partial charge in [0.25, 0.3) is 0 Å². The number of benzene rings is 1. The number of aryl methyl sites for hydroxylation is 1. The number of nitrogens with one attached hydrogen (secondary N) is 1. The van der Waals surface area contributed by atoms with Gasteiger partial charge in [-0.3, -0.25) is 0 Å². The lowest BCUT2D eigenvalue weighted by Gasteiger charge is -2.12. The van der Waals surface area contributed by atoms with Crippen molar-refractivity contribution in [3.63, 3.8) is 0 Å². The van der Waals surface area contributed by atoms with E-state index in [4.69, 9.17) is 22.2 Å². The minimum Gasteiger partial charge on any atom is -0.437 e. The van der Waals surface area contributed by atoms with Crippen LogP contribution in [-0.4, -0.2) is 9.97 Å². The summed E-state index contributed by atoms with van der Waals surface area (Å²) in [7, 11) is 0. The van der Waals surface area contributed by atoms with Crippen LogP contribution in [0.1, 0.15) is 11.4 Å². The summed E-state index contributed by atoms with van der Waals surface area (Å²) < 4.78 is 18.5. The molecule has 0 radical (unpaired) electrons. The van der Waals surface area contributed by atoms with Gasteiger partial charge in [-0.2, -0.15) is 4.98 Å². The Labute approximate surface area is 114 Å². The van der Waals surface area contributed by atoms with Gasteiger partial charge in [0, 0.05) is 0 Å². The predicted octanol–water partition coefficient (Wildman–Crippen LogP) is 2.96. The second-order valence-corrected chi connectivity index (χ2v) is 4.28. The van der Waals surface area contributed by atoms with E-state index >= 15 is 0 Å². The number of hydrogen-bond donors (Lipinski definition) is 2. The van der Waals surface area contributed by atoms with Crippen molar-refractivity contribution >= 4 is 17.4 Å². The van der Waals surface area contributed by atoms with Crippen LogP contribution in [0.4, 0.5) is 10.2 Å². The molecular weight excluding hydrogens is 271 g/mol. The molecule has 2 aromatic rings. The Kier molecular flexibility index (Phi) is 3.82. The molecule has 0 atom stereocenters. The van der Waals surface area contributed by atoms with E-state index in [0.29, 0.717) is 28.8 Å². The second-order valence-electron chi connectivity index (χ2n) is 3.87. The van der Waals surface area contributed by atoms with Gasteiger partial charge in [-0.05, 0) is 32.0 Å². The quantitative estimate of drug-likeness (QED) is 0.669. The molecule has 0 bridgehead atoms. The Bertz CT molecular complexity index is 621. The molecule has 100 valence electrons. The average Bonchev–Trinajstić information content (AvgIpc) is 2.36. The molecule has 2 rings (SSSR count). The molecule has 0 saturated carbocycles. The summed E-state index contributed by atoms with van der Waals surface area (Å²) in [6.07, 6.45) is 0. The fourth-order valence-electron chi connectivity index (χ4n) is 1.50. The largest absolute Gasteiger partial charge is 0.437 e. The van der Waals surface area contributed by atoms with Gasteiger partial charge in [-0.25, -0.2) is 15.2 Å². The van der Waals surface area contributed by atoms with Gasteiger partial charge in [0.1, 0.15) is 23.2 Å². The van der Waals surface area contributed by atoms with Gasteiger partial charge < -0.3 is 10.2 Å². The molecule has 19 heavy (non-hydrogen) atoms. The maximum absolute atomic E-state index is 13.0. The van der Waals surface area contributed by atoms with Gasteiger partial charge >= 0.3 is 0 Å². The minimum absolute atomic E-state index is 0.165. The summed E-state index contributed by atoms with van der Waals surface area (Å²) in [6, 6.07) is 3.86. The second kappa shape index (κ2) is 5.38. The molecule has 0 spiro atoms. The smallest absolute Gasteiger partial charge is 0.227 e. The summed E-state index contributed by atoms with van der Waals surface area (Å²) in [5.41, 5.74) is 3.09. The third-order valence-electron chi connectivity index (χ3n) is 2.45. The molecule has 7 heteroatoms. The zero-order valence-electron chi connectivity index (χ0n) is 10.4. The first-order valence-electron chi connectivity index (χ1n) is 5.46. The SMILES string of the molecule is Cc1nc(NN)c(C)c(Oc2ccc(F)cc2Cl)n1. The summed E-state index contributed by atoms with van der Waals surface area (Å²) >= 11 is 5.90. The van der Waals surface area contributed by atoms with E-state index < -0.39 is 5.82 Å². The van der Waals surface area contributed by atoms with Crippen molar-refractivity contribution in [3.8, 4) is 11.6 Å². The van der Waals surface area contributed by atoms with Gasteiger partial charge in [0.2, 0.25) is 5.88 Å². The van der Waals surface area contributed by atoms with Crippen LogP contribution < -0.4 is 16.0 Å². The maximum atomic E-state index is 13.0. The monoisotopic (exact) mass is 282 g/mol. The van der Waals surface area contributed by atoms with Crippen LogP contribution in [-0.2, 0) is 0 Å². The van der Waals surface area contributed by atoms with Gasteiger partial charge in [0.05, 0.1) is 10.6 Å². The molecule has 0 aliphatic heterocycles. The zero-order chi connectivity index (χ0) is 14.0. The number of hydrogen-bond acceptors (Lipinski definition) is 5. The molecular formula is C12H12ClFN4O. The molecule has 1 aromatic heterocycles. The summed E-state index contributed by atoms with van der Waals surface area (Å²) in [4.78, 5) is 8.27. The van der Waals surface area contributed by atoms with Crippen LogP contribution >= 0.6 is 11.6 Å². The first kappa shape index (κ1) is 13.5. The van der Waals surface area contributed by atoms with E-state index in [9.17, 15) is 4.39 Å². The van der Waals surface area contributed by atoms with E-state index in [-0.39, 0.29) is 5.02 Å². The lowest BCUT2D eigenvalue weighted by Crippen LogP contribution is -2.12. The Hall–Kier alpha value is -1.92. The zero-order valence-corrected chi connectivity index (χ0v) is 11.1. The Morgan fingerprint density at radius 3 is 2.68 bits per heavy atom. The number of rotatable bonds is 3. The molecule has 0 saturated heterocycles. The van der Waals surface area contributed by atoms with E-state index in [2.05, 4.69) is 15.4 Å². The molecule has 1 aromatic carbocycles. The summed E-state index contributed by atoms with van der Waals surface area (Å²) in [6.45, 7) is 3.46. The molecule has 0 amide bonds. The Morgan fingerprint density at radius 1 is 1.32 bits per heavy atom. The Morgan fingerprint density at radius 2 is 2.05 bits per heavy atom. The van der Waals surface area contributed by atoms with E-state index in [1.165, 1.54) is 18.2 Å². The van der Waals surface area contributed by atoms with Crippen molar-refractivity contribution in [1.82, 2.24) is 9.97 Å². The number of aromatic nitrogens is 2. The maximum Gasteiger partial charge on any atom is 0.227 e. The molecule has 0 fully saturated rings. The van der Waals surface area contributed by atoms with Crippen molar-refractivity contribution in [2.24, 2.45) is 5.84 Å². The first-order valence-corrected chi connectivity index (χ1v) is 5.84. The summed E-state index contributed by atoms with van der Waals surface area (Å²) in [5.74, 6) is 6.50. The number of hydrazine groups is 1. The fourth-order valence-corrected chi connectivity index (χ4v) is 1.71. The molecule has 0 aliphatic rings. The van der Waals surface area contributed by atoms with Crippen molar-refractivity contribution < 1.29 is 9.13 Å². The number of nitrogens with two attached hydrogens (primary N) is 1. The Balaban J connectivity index is 2.40. The van der Waals surface area contributed by atoms with E-state index in [0.717, 1.165) is 0 Å². The van der Waals surface area contributed by atoms with Gasteiger partial charge in [0.15, 0.2) is 0 Å². The fraction of sp³-hybridized carbons (Fsp3) is 0.167. The van der Waals surface area contributed by atoms with Crippen molar-refractivity contribution in [1.29, 1.82) is 0 Å². The summed E-state index contributed by atoms with van der Waals surface area (Å²) in [5, 5.41) is 0.165. The molecule has 0 aliphatic carbocycles. The highest BCUT2D eigenvalue weighted by Gasteiger charge is 2.12. The van der Waals surface area contributed by atoms with Crippen LogP contribution in [0, 0.1) is 19.7 Å². The number of nitrogen functional groups attached to an aromatic ring is 1. The molecule has 1 heterocycles. The minimum atomic E-state index is -0.433. The lowest BCUT2D eigenvalue weighted by atomic mass is 10.3. The van der Waals surface area contributed by atoms with Crippen LogP contribution in [0.5, 0.6) is 11.6 Å². The normalized spacial score (nSPS) is 10.4. The van der Waals surface area contributed by atoms with Crippen LogP contribution in [0.3, 0.4) is 0 Å². The lowest BCUT2D eigenvalue weighted by molar-refractivity contribution is 0.454. The highest BCUT2D eigenvalue weighted by atomic mass is 35.5. The average molecular weight is 283 g/mol. The molecule has 0 unspecified atom stereocenters. The van der Waals surface area contributed by atoms with Crippen molar-refractivity contribution in [2.45, 2.75) is 13.8 Å². The van der Waals surface area contributed by atoms with E-state index in [1.807, 2.05) is 0 Å². The number of ether oxygens (including phenoxy) is 1. The van der Waals surface area contributed by atoms with Gasteiger partial charge in [-0.1, -0.05) is 11.6 Å². The van der Waals surface area contributed by atoms with Crippen LogP contribution in [0.2, 0.25) is 5.02 Å². The van der Waals surface area contributed by atoms with Crippen molar-refractivity contribution in [3.05, 3.63) is 40.4 Å². The molecule has 5 nitrogen and oxygen atoms in total. The first-order chi connectivity index (χ1) is 9.01. The van der Waals surface area contributed by atoms with E-state index in [1.54, 1.807) is 13.8 Å². The number of halogens is 2. The number of nitrogens with zero attached hydrogens (tertiary/aromatic N) is 2. The third-order valence-corrected chi connectivity index (χ3v) is 2.75. The molecule has 3 N–H and O–H groups in total. The van der Waals surface area contributed by atoms with Crippen LogP contribution in [0.15, 0.2) is 18.2 Å². The highest BCUT2D eigenvalue weighted by Crippen LogP contribution is 2.31. The predicted molar refractivity (Wildman–Crippen MR) is 70.8 cm³/mol. The van der Waals surface area contributed by atoms with Crippen molar-refractivity contribution in [2.75, 3.05) is 5.43 Å². The third kappa shape index (κ3) is 2.91. The highest BCUT2D eigenvalue weighted by molar-refractivity contribution is 6.32. The standard InChI is InChI=1S/C12H12ClFN4O/c1-6-11(18-15)16-7(2)17-12(6)19-10-4-3-8(14)5-9(10)13/h3-5H,15H2,1-2H3,(H,16,17,18). The van der Waals surface area contributed by atoms with Gasteiger partial charge in [-0.15, -0.1) is 0 Å². The topological polar surface area (TPSA) is 73.1 Å². The number of anilines is 1.